The molecule has 20 nitrogen and oxygen atoms in total. The van der Waals surface area contributed by atoms with Crippen LogP contribution in [-0.4, -0.2) is 157 Å². The number of primary amides is 1. The number of ketones is 2. The van der Waals surface area contributed by atoms with Crippen molar-refractivity contribution in [2.75, 3.05) is 41.4 Å². The fourth-order valence-electron chi connectivity index (χ4n) is 10.7. The van der Waals surface area contributed by atoms with E-state index in [0.717, 1.165) is 5.56 Å². The number of hydrogen-bond acceptors (Lipinski definition) is 13. The van der Waals surface area contributed by atoms with Crippen molar-refractivity contribution < 1.29 is 57.7 Å². The van der Waals surface area contributed by atoms with Crippen molar-refractivity contribution >= 4 is 47.3 Å². The topological polar surface area (TPSA) is 282 Å². The van der Waals surface area contributed by atoms with Crippen molar-refractivity contribution in [2.24, 2.45) is 47.0 Å². The number of benzene rings is 2. The predicted octanol–water partition coefficient (Wildman–Crippen LogP) is 5.70. The van der Waals surface area contributed by atoms with E-state index in [1.807, 2.05) is 71.9 Å². The third-order valence-corrected chi connectivity index (χ3v) is 15.9. The molecule has 1 unspecified atom stereocenters. The Morgan fingerprint density at radius 1 is 0.762 bits per heavy atom. The minimum absolute atomic E-state index is 0.0102. The van der Waals surface area contributed by atoms with E-state index in [9.17, 15) is 43.5 Å². The number of ether oxygens (including phenoxy) is 3. The van der Waals surface area contributed by atoms with Gasteiger partial charge in [0.2, 0.25) is 23.6 Å². The second-order valence-electron chi connectivity index (χ2n) is 22.9. The van der Waals surface area contributed by atoms with E-state index in [0.29, 0.717) is 43.4 Å². The maximum Gasteiger partial charge on any atom is 0.410 e. The number of amides is 7. The summed E-state index contributed by atoms with van der Waals surface area (Å²) in [6.07, 6.45) is -0.213. The molecule has 0 bridgehead atoms. The first-order valence-electron chi connectivity index (χ1n) is 28.5. The Labute approximate surface area is 475 Å². The first-order chi connectivity index (χ1) is 37.7. The number of nitrogens with zero attached hydrogens (tertiary/aromatic N) is 3. The van der Waals surface area contributed by atoms with Crippen LogP contribution in [0.5, 0.6) is 0 Å². The third kappa shape index (κ3) is 19.6. The quantitative estimate of drug-likeness (QED) is 0.0469. The number of likely N-dealkylation sites (N-methyl/N-ethyl adjacent to an activating group) is 2. The van der Waals surface area contributed by atoms with Crippen LogP contribution >= 0.6 is 0 Å². The van der Waals surface area contributed by atoms with Crippen molar-refractivity contribution in [3.63, 3.8) is 0 Å². The highest BCUT2D eigenvalue weighted by Gasteiger charge is 2.44. The average molecular weight is 1120 g/mol. The first-order valence-corrected chi connectivity index (χ1v) is 28.5. The molecule has 1 aliphatic heterocycles. The number of aliphatic hydroxyl groups excluding tert-OH is 1. The number of aliphatic hydroxyl groups is 1. The van der Waals surface area contributed by atoms with Gasteiger partial charge in [-0.1, -0.05) is 130 Å². The van der Waals surface area contributed by atoms with Crippen LogP contribution in [0.1, 0.15) is 137 Å². The van der Waals surface area contributed by atoms with Crippen molar-refractivity contribution in [1.29, 1.82) is 0 Å². The maximum absolute atomic E-state index is 14.7. The van der Waals surface area contributed by atoms with Crippen molar-refractivity contribution in [3.8, 4) is 0 Å². The van der Waals surface area contributed by atoms with Gasteiger partial charge >= 0.3 is 12.1 Å². The van der Waals surface area contributed by atoms with Gasteiger partial charge in [0.15, 0.2) is 5.78 Å². The van der Waals surface area contributed by atoms with Gasteiger partial charge in [0.1, 0.15) is 24.5 Å². The minimum atomic E-state index is -1.04. The van der Waals surface area contributed by atoms with E-state index in [-0.39, 0.29) is 86.0 Å². The molecule has 2 aromatic carbocycles. The molecule has 7 amide bonds. The molecule has 12 atom stereocenters. The Balaban J connectivity index is 1.70. The predicted molar refractivity (Wildman–Crippen MR) is 306 cm³/mol. The second kappa shape index (κ2) is 33.1. The average Bonchev–Trinajstić information content (AvgIpc) is 3.91. The normalized spacial score (nSPS) is 17.7. The highest BCUT2D eigenvalue weighted by Crippen LogP contribution is 2.32. The van der Waals surface area contributed by atoms with Crippen LogP contribution in [0, 0.1) is 35.5 Å². The summed E-state index contributed by atoms with van der Waals surface area (Å²) in [4.78, 5) is 113. The summed E-state index contributed by atoms with van der Waals surface area (Å²) in [5.41, 5.74) is 13.2. The number of Topliss-reactive ketones (excluding diaryl/α,β-unsaturated/α-hetero) is 2. The zero-order valence-corrected chi connectivity index (χ0v) is 50.1. The van der Waals surface area contributed by atoms with Crippen LogP contribution < -0.4 is 27.4 Å². The molecule has 0 saturated carbocycles. The van der Waals surface area contributed by atoms with Gasteiger partial charge in [-0.15, -0.1) is 0 Å². The van der Waals surface area contributed by atoms with E-state index in [1.54, 1.807) is 75.9 Å². The molecule has 8 N–H and O–H groups in total. The van der Waals surface area contributed by atoms with Crippen molar-refractivity contribution in [2.45, 2.75) is 182 Å². The number of nitrogens with one attached hydrogen (secondary N) is 3. The highest BCUT2D eigenvalue weighted by molar-refractivity contribution is 5.93. The summed E-state index contributed by atoms with van der Waals surface area (Å²) in [6.45, 7) is 19.0. The molecular weight excluding hydrogens is 1020 g/mol. The molecule has 3 rings (SSSR count). The van der Waals surface area contributed by atoms with E-state index < -0.39 is 90.2 Å². The van der Waals surface area contributed by atoms with Crippen molar-refractivity contribution in [3.05, 3.63) is 71.3 Å². The van der Waals surface area contributed by atoms with Gasteiger partial charge in [0.05, 0.1) is 48.9 Å². The van der Waals surface area contributed by atoms with E-state index in [1.165, 1.54) is 19.1 Å². The number of nitrogens with two attached hydrogens (primary N) is 2. The van der Waals surface area contributed by atoms with E-state index in [2.05, 4.69) is 16.0 Å². The van der Waals surface area contributed by atoms with Crippen LogP contribution in [0.15, 0.2) is 54.6 Å². The fourth-order valence-corrected chi connectivity index (χ4v) is 10.7. The van der Waals surface area contributed by atoms with E-state index in [4.69, 9.17) is 25.7 Å². The lowest BCUT2D eigenvalue weighted by molar-refractivity contribution is -0.148. The second-order valence-corrected chi connectivity index (χ2v) is 22.9. The molecule has 0 aliphatic carbocycles. The number of hydrogen-bond donors (Lipinski definition) is 6. The molecule has 1 aliphatic rings. The summed E-state index contributed by atoms with van der Waals surface area (Å²) in [5.74, 6) is -3.90. The standard InChI is InChI=1S/C60H96N8O12/c1-15-38(8)53(48(78-13)33-49(71)68-30-20-24-45(68)55(79-14)40(10)46(69)31-39(9)54(72)43-21-17-16-18-22-43)66(11)58(75)51(36(4)5)65-57(74)52(37(6)7)67(12)60(77)80-34-42-27-25-41(26-28-42)32-47(70)44(23-19-29-63-59(62)76)64-56(73)50(61)35(2)3/h16-18,21-22,25-28,35-40,44-45,48,50-55,72H,15,19-20,23-24,29-34,61H2,1-14H3,(H,64,73)(H,65,74)(H3,62,63,76)/t38-,39-,40-,44+,45?,48+,50+,51-,52-,53-,54+,55+/m1/s1. The number of carbonyl (C=O) groups is 8. The lowest BCUT2D eigenvalue weighted by Crippen LogP contribution is -2.60. The lowest BCUT2D eigenvalue weighted by Gasteiger charge is -2.41. The molecule has 1 heterocycles. The molecule has 448 valence electrons. The Bertz CT molecular complexity index is 2320. The maximum atomic E-state index is 14.7. The van der Waals surface area contributed by atoms with Gasteiger partial charge in [-0.3, -0.25) is 33.7 Å². The highest BCUT2D eigenvalue weighted by atomic mass is 16.6. The molecule has 80 heavy (non-hydrogen) atoms. The number of carbonyl (C=O) groups excluding carboxylic acids is 8. The van der Waals surface area contributed by atoms with Gasteiger partial charge in [-0.05, 0) is 72.0 Å². The Morgan fingerprint density at radius 3 is 1.94 bits per heavy atom. The number of likely N-dealkylation sites (tertiary alicyclic amines) is 1. The van der Waals surface area contributed by atoms with Crippen molar-refractivity contribution in [1.82, 2.24) is 30.7 Å². The van der Waals surface area contributed by atoms with Crippen LogP contribution in [-0.2, 0) is 56.0 Å². The molecule has 1 fully saturated rings. The Hall–Kier alpha value is -5.96. The molecule has 0 aromatic heterocycles. The SMILES string of the molecule is CC[C@@H](C)[C@H]([C@H](CC(=O)N1CCCC1[C@@H](OC)[C@H](C)C(=O)C[C@@H](C)[C@H](O)c1ccccc1)OC)N(C)C(=O)[C@H](NC(=O)[C@@H](C(C)C)N(C)C(=O)OCc1ccc(CC(=O)[C@H](CCCNC(N)=O)NC(=O)[C@@H](N)C(C)C)cc1)C(C)C. The molecule has 2 aromatic rings. The molecular formula is C60H96N8O12. The summed E-state index contributed by atoms with van der Waals surface area (Å²) in [6, 6.07) is 10.7. The first kappa shape index (κ1) is 68.3. The monoisotopic (exact) mass is 1120 g/mol. The van der Waals surface area contributed by atoms with Gasteiger partial charge in [0, 0.05) is 60.2 Å². The number of methoxy groups -OCH3 is 2. The van der Waals surface area contributed by atoms with Crippen LogP contribution in [0.3, 0.4) is 0 Å². The minimum Gasteiger partial charge on any atom is -0.445 e. The molecule has 0 radical (unpaired) electrons. The Kier molecular flexibility index (Phi) is 28.3. The van der Waals surface area contributed by atoms with Gasteiger partial charge in [-0.25, -0.2) is 9.59 Å². The van der Waals surface area contributed by atoms with Gasteiger partial charge in [0.25, 0.3) is 0 Å². The number of urea groups is 1. The number of rotatable bonds is 33. The van der Waals surface area contributed by atoms with Gasteiger partial charge < -0.3 is 56.5 Å². The fraction of sp³-hybridized carbons (Fsp3) is 0.667. The van der Waals surface area contributed by atoms with Gasteiger partial charge in [-0.2, -0.15) is 0 Å². The Morgan fingerprint density at radius 2 is 1.39 bits per heavy atom. The smallest absolute Gasteiger partial charge is 0.410 e. The molecule has 0 spiro atoms. The summed E-state index contributed by atoms with van der Waals surface area (Å²) in [5, 5.41) is 19.2. The van der Waals surface area contributed by atoms with Crippen LogP contribution in [0.2, 0.25) is 0 Å². The zero-order chi connectivity index (χ0) is 60.1. The summed E-state index contributed by atoms with van der Waals surface area (Å²) >= 11 is 0. The van der Waals surface area contributed by atoms with Crippen LogP contribution in [0.4, 0.5) is 9.59 Å². The molecule has 20 heteroatoms. The lowest BCUT2D eigenvalue weighted by atomic mass is 9.85. The van der Waals surface area contributed by atoms with Crippen LogP contribution in [0.25, 0.3) is 0 Å². The summed E-state index contributed by atoms with van der Waals surface area (Å²) in [7, 11) is 6.19. The molecule has 1 saturated heterocycles. The third-order valence-electron chi connectivity index (χ3n) is 15.9. The largest absolute Gasteiger partial charge is 0.445 e. The van der Waals surface area contributed by atoms with E-state index >= 15 is 0 Å². The summed E-state index contributed by atoms with van der Waals surface area (Å²) < 4.78 is 17.8. The zero-order valence-electron chi connectivity index (χ0n) is 50.1.